The van der Waals surface area contributed by atoms with E-state index in [1.807, 2.05) is 72.8 Å². The minimum atomic E-state index is -3.14. The Morgan fingerprint density at radius 3 is 1.15 bits per heavy atom. The van der Waals surface area contributed by atoms with Gasteiger partial charge in [-0.05, 0) is 36.4 Å². The van der Waals surface area contributed by atoms with Crippen LogP contribution < -0.4 is 30.1 Å². The van der Waals surface area contributed by atoms with E-state index in [-0.39, 0.29) is 0 Å². The molecule has 0 unspecified atom stereocenters. The molecule has 0 aliphatic rings. The zero-order chi connectivity index (χ0) is 18.6. The first-order valence-electron chi connectivity index (χ1n) is 8.15. The highest BCUT2D eigenvalue weighted by molar-refractivity contribution is 7.85. The summed E-state index contributed by atoms with van der Waals surface area (Å²) in [4.78, 5) is 0. The minimum absolute atomic E-state index is 0.661. The Morgan fingerprint density at radius 1 is 0.577 bits per heavy atom. The highest BCUT2D eigenvalue weighted by Gasteiger charge is 2.31. The molecule has 0 saturated heterocycles. The fourth-order valence-electron chi connectivity index (χ4n) is 2.87. The van der Waals surface area contributed by atoms with Crippen molar-refractivity contribution in [3.63, 3.8) is 0 Å². The zero-order valence-electron chi connectivity index (χ0n) is 15.0. The van der Waals surface area contributed by atoms with Gasteiger partial charge in [0, 0.05) is 15.9 Å². The Balaban J connectivity index is 2.28. The van der Waals surface area contributed by atoms with Crippen LogP contribution in [0.15, 0.2) is 72.8 Å². The predicted molar refractivity (Wildman–Crippen MR) is 105 cm³/mol. The molecular formula is C21H21O4P. The summed E-state index contributed by atoms with van der Waals surface area (Å²) in [6.45, 7) is 0. The predicted octanol–water partition coefficient (Wildman–Crippen LogP) is 3.35. The molecule has 0 N–H and O–H groups in total. The van der Waals surface area contributed by atoms with Crippen molar-refractivity contribution >= 4 is 23.1 Å². The van der Waals surface area contributed by atoms with E-state index >= 15 is 0 Å². The van der Waals surface area contributed by atoms with Crippen molar-refractivity contribution in [3.05, 3.63) is 72.8 Å². The average Bonchev–Trinajstić information content (AvgIpc) is 2.73. The van der Waals surface area contributed by atoms with Gasteiger partial charge >= 0.3 is 0 Å². The maximum Gasteiger partial charge on any atom is 0.171 e. The first-order valence-corrected chi connectivity index (χ1v) is 9.86. The molecule has 0 amide bonds. The van der Waals surface area contributed by atoms with Crippen LogP contribution in [0.5, 0.6) is 17.2 Å². The van der Waals surface area contributed by atoms with Crippen LogP contribution in [-0.2, 0) is 4.57 Å². The Morgan fingerprint density at radius 2 is 0.885 bits per heavy atom. The number of hydrogen-bond acceptors (Lipinski definition) is 4. The fourth-order valence-corrected chi connectivity index (χ4v) is 5.58. The third-order valence-electron chi connectivity index (χ3n) is 4.25. The van der Waals surface area contributed by atoms with E-state index in [9.17, 15) is 4.57 Å². The van der Waals surface area contributed by atoms with E-state index in [2.05, 4.69) is 0 Å². The first kappa shape index (κ1) is 18.1. The van der Waals surface area contributed by atoms with Crippen LogP contribution in [0.1, 0.15) is 0 Å². The van der Waals surface area contributed by atoms with Crippen LogP contribution in [0.25, 0.3) is 0 Å². The van der Waals surface area contributed by atoms with E-state index in [4.69, 9.17) is 14.2 Å². The lowest BCUT2D eigenvalue weighted by Gasteiger charge is -2.21. The van der Waals surface area contributed by atoms with E-state index < -0.39 is 7.14 Å². The molecule has 3 aromatic carbocycles. The summed E-state index contributed by atoms with van der Waals surface area (Å²) < 4.78 is 30.5. The molecular weight excluding hydrogens is 347 g/mol. The lowest BCUT2D eigenvalue weighted by atomic mass is 10.3. The molecule has 0 fully saturated rings. The third kappa shape index (κ3) is 3.33. The Bertz CT molecular complexity index is 830. The van der Waals surface area contributed by atoms with Gasteiger partial charge in [0.15, 0.2) is 7.14 Å². The molecule has 0 aromatic heterocycles. The van der Waals surface area contributed by atoms with Gasteiger partial charge in [-0.3, -0.25) is 0 Å². The van der Waals surface area contributed by atoms with Crippen molar-refractivity contribution in [1.82, 2.24) is 0 Å². The molecule has 4 nitrogen and oxygen atoms in total. The van der Waals surface area contributed by atoms with Gasteiger partial charge in [0.1, 0.15) is 17.2 Å². The molecule has 0 atom stereocenters. The normalized spacial score (nSPS) is 11.0. The van der Waals surface area contributed by atoms with E-state index in [1.54, 1.807) is 21.3 Å². The molecule has 5 heteroatoms. The summed E-state index contributed by atoms with van der Waals surface area (Å²) in [5.74, 6) is 1.98. The molecule has 0 saturated carbocycles. The van der Waals surface area contributed by atoms with Crippen LogP contribution >= 0.6 is 7.14 Å². The van der Waals surface area contributed by atoms with Gasteiger partial charge in [-0.2, -0.15) is 0 Å². The summed E-state index contributed by atoms with van der Waals surface area (Å²) in [5, 5.41) is 2.08. The van der Waals surface area contributed by atoms with Gasteiger partial charge < -0.3 is 18.8 Å². The van der Waals surface area contributed by atoms with Crippen LogP contribution in [0.3, 0.4) is 0 Å². The van der Waals surface area contributed by atoms with Gasteiger partial charge in [-0.15, -0.1) is 0 Å². The van der Waals surface area contributed by atoms with Gasteiger partial charge in [-0.1, -0.05) is 36.4 Å². The molecule has 0 radical (unpaired) electrons. The highest BCUT2D eigenvalue weighted by atomic mass is 31.2. The molecule has 3 aromatic rings. The molecule has 0 bridgehead atoms. The van der Waals surface area contributed by atoms with Crippen LogP contribution in [0.2, 0.25) is 0 Å². The molecule has 0 aliphatic heterocycles. The van der Waals surface area contributed by atoms with Gasteiger partial charge in [-0.25, -0.2) is 0 Å². The van der Waals surface area contributed by atoms with Crippen molar-refractivity contribution in [2.75, 3.05) is 21.3 Å². The van der Waals surface area contributed by atoms with Crippen molar-refractivity contribution in [2.24, 2.45) is 0 Å². The SMILES string of the molecule is COc1cccc(P(=O)(c2cccc(OC)c2)c2cccc(OC)c2)c1. The van der Waals surface area contributed by atoms with Crippen LogP contribution in [0.4, 0.5) is 0 Å². The summed E-state index contributed by atoms with van der Waals surface area (Å²) in [5.41, 5.74) is 0. The van der Waals surface area contributed by atoms with Crippen LogP contribution in [0, 0.1) is 0 Å². The molecule has 26 heavy (non-hydrogen) atoms. The van der Waals surface area contributed by atoms with Crippen molar-refractivity contribution < 1.29 is 18.8 Å². The van der Waals surface area contributed by atoms with Crippen LogP contribution in [-0.4, -0.2) is 21.3 Å². The van der Waals surface area contributed by atoms with Gasteiger partial charge in [0.05, 0.1) is 21.3 Å². The molecule has 3 rings (SSSR count). The summed E-state index contributed by atoms with van der Waals surface area (Å²) >= 11 is 0. The van der Waals surface area contributed by atoms with Crippen molar-refractivity contribution in [3.8, 4) is 17.2 Å². The minimum Gasteiger partial charge on any atom is -0.497 e. The van der Waals surface area contributed by atoms with Gasteiger partial charge in [0.25, 0.3) is 0 Å². The number of methoxy groups -OCH3 is 3. The summed E-state index contributed by atoms with van der Waals surface area (Å²) in [6, 6.07) is 22.1. The largest absolute Gasteiger partial charge is 0.497 e. The fraction of sp³-hybridized carbons (Fsp3) is 0.143. The summed E-state index contributed by atoms with van der Waals surface area (Å²) in [6.07, 6.45) is 0. The lowest BCUT2D eigenvalue weighted by molar-refractivity contribution is 0.415. The number of hydrogen-bond donors (Lipinski definition) is 0. The first-order chi connectivity index (χ1) is 12.6. The number of ether oxygens (including phenoxy) is 3. The Hall–Kier alpha value is -2.71. The standard InChI is InChI=1S/C21H21O4P/c1-23-16-7-4-10-19(13-16)26(22,20-11-5-8-17(14-20)24-2)21-12-6-9-18(15-21)25-3/h4-15H,1-3H3. The topological polar surface area (TPSA) is 44.8 Å². The Kier molecular flexibility index (Phi) is 5.34. The second kappa shape index (κ2) is 7.67. The van der Waals surface area contributed by atoms with Crippen molar-refractivity contribution in [1.29, 1.82) is 0 Å². The monoisotopic (exact) mass is 368 g/mol. The Labute approximate surface area is 153 Å². The maximum absolute atomic E-state index is 14.5. The molecule has 0 spiro atoms. The molecule has 0 heterocycles. The van der Waals surface area contributed by atoms with E-state index in [0.29, 0.717) is 33.2 Å². The van der Waals surface area contributed by atoms with E-state index in [0.717, 1.165) is 0 Å². The number of benzene rings is 3. The summed E-state index contributed by atoms with van der Waals surface area (Å²) in [7, 11) is 1.66. The van der Waals surface area contributed by atoms with Gasteiger partial charge in [0.2, 0.25) is 0 Å². The highest BCUT2D eigenvalue weighted by Crippen LogP contribution is 2.44. The van der Waals surface area contributed by atoms with E-state index in [1.165, 1.54) is 0 Å². The molecule has 0 aliphatic carbocycles. The zero-order valence-corrected chi connectivity index (χ0v) is 15.9. The maximum atomic E-state index is 14.5. The second-order valence-corrected chi connectivity index (χ2v) is 8.48. The quantitative estimate of drug-likeness (QED) is 0.626. The molecule has 134 valence electrons. The third-order valence-corrected chi connectivity index (χ3v) is 7.27. The smallest absolute Gasteiger partial charge is 0.171 e. The second-order valence-electron chi connectivity index (χ2n) is 5.71. The average molecular weight is 368 g/mol. The van der Waals surface area contributed by atoms with Crippen molar-refractivity contribution in [2.45, 2.75) is 0 Å². The lowest BCUT2D eigenvalue weighted by Crippen LogP contribution is -2.25. The number of rotatable bonds is 6.